The number of halogens is 1. The van der Waals surface area contributed by atoms with Crippen molar-refractivity contribution in [2.45, 2.75) is 32.7 Å². The Labute approximate surface area is 123 Å². The van der Waals surface area contributed by atoms with Gasteiger partial charge in [-0.05, 0) is 44.0 Å². The second-order valence-electron chi connectivity index (χ2n) is 5.30. The zero-order valence-electron chi connectivity index (χ0n) is 11.8. The summed E-state index contributed by atoms with van der Waals surface area (Å²) in [7, 11) is 0. The maximum absolute atomic E-state index is 11.8. The molecule has 0 aromatic heterocycles. The second-order valence-corrected chi connectivity index (χ2v) is 5.70. The molecule has 0 fully saturated rings. The fraction of sp³-hybridized carbons (Fsp3) is 0.400. The van der Waals surface area contributed by atoms with E-state index in [1.807, 2.05) is 20.8 Å². The van der Waals surface area contributed by atoms with Crippen LogP contribution in [-0.4, -0.2) is 18.2 Å². The molecule has 0 unspecified atom stereocenters. The van der Waals surface area contributed by atoms with Crippen molar-refractivity contribution < 1.29 is 14.3 Å². The van der Waals surface area contributed by atoms with Crippen LogP contribution in [0.3, 0.4) is 0 Å². The lowest BCUT2D eigenvalue weighted by Crippen LogP contribution is -2.41. The third-order valence-electron chi connectivity index (χ3n) is 3.22. The molecule has 0 bridgehead atoms. The summed E-state index contributed by atoms with van der Waals surface area (Å²) in [5, 5.41) is 3.41. The summed E-state index contributed by atoms with van der Waals surface area (Å²) >= 11 is 6.08. The Bertz CT molecular complexity index is 552. The highest BCUT2D eigenvalue weighted by Crippen LogP contribution is 2.40. The number of benzene rings is 1. The first kappa shape index (κ1) is 14.7. The van der Waals surface area contributed by atoms with Gasteiger partial charge in [0.05, 0.1) is 5.02 Å². The van der Waals surface area contributed by atoms with Crippen LogP contribution >= 0.6 is 11.6 Å². The van der Waals surface area contributed by atoms with Gasteiger partial charge in [-0.25, -0.2) is 0 Å². The van der Waals surface area contributed by atoms with E-state index in [1.165, 1.54) is 6.08 Å². The van der Waals surface area contributed by atoms with Crippen molar-refractivity contribution >= 4 is 23.6 Å². The van der Waals surface area contributed by atoms with E-state index < -0.39 is 0 Å². The zero-order chi connectivity index (χ0) is 14.8. The number of hydrogen-bond acceptors (Lipinski definition) is 3. The van der Waals surface area contributed by atoms with Crippen LogP contribution in [0.1, 0.15) is 32.8 Å². The van der Waals surface area contributed by atoms with E-state index in [-0.39, 0.29) is 18.2 Å². The third kappa shape index (κ3) is 3.45. The summed E-state index contributed by atoms with van der Waals surface area (Å²) in [5.41, 5.74) is 0.581. The summed E-state index contributed by atoms with van der Waals surface area (Å²) in [4.78, 5) is 11.8. The van der Waals surface area contributed by atoms with Crippen LogP contribution in [-0.2, 0) is 4.79 Å². The van der Waals surface area contributed by atoms with Crippen molar-refractivity contribution in [3.05, 3.63) is 28.8 Å². The summed E-state index contributed by atoms with van der Waals surface area (Å²) in [6, 6.07) is 3.53. The molecule has 1 aliphatic rings. The molecular formula is C15H18ClNO3. The largest absolute Gasteiger partial charge is 0.454 e. The van der Waals surface area contributed by atoms with Gasteiger partial charge in [-0.3, -0.25) is 4.79 Å². The number of carbonyl (C=O) groups excluding carboxylic acids is 1. The van der Waals surface area contributed by atoms with Crippen molar-refractivity contribution in [1.29, 1.82) is 0 Å². The van der Waals surface area contributed by atoms with Crippen LogP contribution < -0.4 is 14.8 Å². The number of amides is 1. The molecule has 1 amide bonds. The van der Waals surface area contributed by atoms with E-state index in [9.17, 15) is 4.79 Å². The van der Waals surface area contributed by atoms with Crippen molar-refractivity contribution in [2.75, 3.05) is 6.79 Å². The Morgan fingerprint density at radius 2 is 2.20 bits per heavy atom. The van der Waals surface area contributed by atoms with Gasteiger partial charge < -0.3 is 14.8 Å². The van der Waals surface area contributed by atoms with E-state index in [0.29, 0.717) is 16.5 Å². The normalized spacial score (nSPS) is 13.8. The van der Waals surface area contributed by atoms with Crippen LogP contribution in [0.5, 0.6) is 11.5 Å². The van der Waals surface area contributed by atoms with Gasteiger partial charge in [-0.2, -0.15) is 0 Å². The molecule has 1 heterocycles. The lowest BCUT2D eigenvalue weighted by Gasteiger charge is -2.23. The molecule has 0 aliphatic carbocycles. The van der Waals surface area contributed by atoms with Gasteiger partial charge in [0.2, 0.25) is 12.7 Å². The topological polar surface area (TPSA) is 47.6 Å². The highest BCUT2D eigenvalue weighted by Gasteiger charge is 2.18. The number of nitrogens with one attached hydrogen (secondary N) is 1. The molecule has 4 nitrogen and oxygen atoms in total. The fourth-order valence-corrected chi connectivity index (χ4v) is 1.99. The number of rotatable bonds is 4. The van der Waals surface area contributed by atoms with Crippen LogP contribution in [0.2, 0.25) is 5.02 Å². The Morgan fingerprint density at radius 3 is 2.90 bits per heavy atom. The van der Waals surface area contributed by atoms with Gasteiger partial charge in [0, 0.05) is 11.6 Å². The van der Waals surface area contributed by atoms with Crippen molar-refractivity contribution in [2.24, 2.45) is 0 Å². The van der Waals surface area contributed by atoms with Gasteiger partial charge in [0.1, 0.15) is 0 Å². The van der Waals surface area contributed by atoms with Gasteiger partial charge in [-0.15, -0.1) is 0 Å². The first-order valence-corrected chi connectivity index (χ1v) is 6.88. The minimum absolute atomic E-state index is 0.134. The standard InChI is InChI=1S/C15H18ClNO3/c1-4-15(2,3)17-13(18)6-5-10-7-11(16)14-12(8-10)19-9-20-14/h5-8H,4,9H2,1-3H3,(H,17,18). The minimum Gasteiger partial charge on any atom is -0.454 e. The average Bonchev–Trinajstić information content (AvgIpc) is 2.85. The van der Waals surface area contributed by atoms with E-state index in [2.05, 4.69) is 5.32 Å². The molecule has 2 rings (SSSR count). The summed E-state index contributed by atoms with van der Waals surface area (Å²) < 4.78 is 10.5. The van der Waals surface area contributed by atoms with Gasteiger partial charge in [0.15, 0.2) is 11.5 Å². The lowest BCUT2D eigenvalue weighted by molar-refractivity contribution is -0.117. The predicted molar refractivity (Wildman–Crippen MR) is 79.1 cm³/mol. The monoisotopic (exact) mass is 295 g/mol. The molecule has 1 N–H and O–H groups in total. The summed E-state index contributed by atoms with van der Waals surface area (Å²) in [5.74, 6) is 1.03. The highest BCUT2D eigenvalue weighted by molar-refractivity contribution is 6.32. The maximum atomic E-state index is 11.8. The molecule has 0 radical (unpaired) electrons. The SMILES string of the molecule is CCC(C)(C)NC(=O)C=Cc1cc(Cl)c2c(c1)OCO2. The minimum atomic E-state index is -0.214. The van der Waals surface area contributed by atoms with E-state index in [4.69, 9.17) is 21.1 Å². The Hall–Kier alpha value is -1.68. The van der Waals surface area contributed by atoms with Crippen molar-refractivity contribution in [1.82, 2.24) is 5.32 Å². The lowest BCUT2D eigenvalue weighted by atomic mass is 10.0. The third-order valence-corrected chi connectivity index (χ3v) is 3.50. The average molecular weight is 296 g/mol. The molecular weight excluding hydrogens is 278 g/mol. The van der Waals surface area contributed by atoms with Crippen LogP contribution in [0.4, 0.5) is 0 Å². The Kier molecular flexibility index (Phi) is 4.23. The zero-order valence-corrected chi connectivity index (χ0v) is 12.6. The molecule has 20 heavy (non-hydrogen) atoms. The maximum Gasteiger partial charge on any atom is 0.244 e. The molecule has 1 aromatic carbocycles. The van der Waals surface area contributed by atoms with Crippen molar-refractivity contribution in [3.8, 4) is 11.5 Å². The van der Waals surface area contributed by atoms with E-state index in [1.54, 1.807) is 18.2 Å². The molecule has 0 atom stereocenters. The van der Waals surface area contributed by atoms with Gasteiger partial charge in [0.25, 0.3) is 0 Å². The highest BCUT2D eigenvalue weighted by atomic mass is 35.5. The second kappa shape index (κ2) is 5.75. The van der Waals surface area contributed by atoms with Gasteiger partial charge >= 0.3 is 0 Å². The molecule has 1 aliphatic heterocycles. The Balaban J connectivity index is 2.09. The van der Waals surface area contributed by atoms with Crippen LogP contribution in [0.25, 0.3) is 6.08 Å². The van der Waals surface area contributed by atoms with Crippen molar-refractivity contribution in [3.63, 3.8) is 0 Å². The molecule has 0 spiro atoms. The Morgan fingerprint density at radius 1 is 1.45 bits per heavy atom. The number of fused-ring (bicyclic) bond motifs is 1. The van der Waals surface area contributed by atoms with Crippen LogP contribution in [0, 0.1) is 0 Å². The smallest absolute Gasteiger partial charge is 0.244 e. The summed E-state index contributed by atoms with van der Waals surface area (Å²) in [6.45, 7) is 6.17. The number of hydrogen-bond donors (Lipinski definition) is 1. The number of carbonyl (C=O) groups is 1. The molecule has 5 heteroatoms. The first-order chi connectivity index (χ1) is 9.41. The molecule has 1 aromatic rings. The molecule has 108 valence electrons. The number of ether oxygens (including phenoxy) is 2. The van der Waals surface area contributed by atoms with E-state index >= 15 is 0 Å². The van der Waals surface area contributed by atoms with E-state index in [0.717, 1.165) is 12.0 Å². The predicted octanol–water partition coefficient (Wildman–Crippen LogP) is 3.39. The van der Waals surface area contributed by atoms with Crippen LogP contribution in [0.15, 0.2) is 18.2 Å². The molecule has 0 saturated heterocycles. The summed E-state index contributed by atoms with van der Waals surface area (Å²) in [6.07, 6.45) is 4.06. The van der Waals surface area contributed by atoms with Gasteiger partial charge in [-0.1, -0.05) is 18.5 Å². The fourth-order valence-electron chi connectivity index (χ4n) is 1.72. The quantitative estimate of drug-likeness (QED) is 0.866. The molecule has 0 saturated carbocycles. The first-order valence-electron chi connectivity index (χ1n) is 6.50.